The second-order valence-electron chi connectivity index (χ2n) is 5.86. The molecule has 1 N–H and O–H groups in total. The quantitative estimate of drug-likeness (QED) is 0.282. The lowest BCUT2D eigenvalue weighted by molar-refractivity contribution is -0.129. The fourth-order valence-electron chi connectivity index (χ4n) is 1.67. The van der Waals surface area contributed by atoms with Crippen LogP contribution in [0.3, 0.4) is 0 Å². The molecule has 0 spiro atoms. The zero-order chi connectivity index (χ0) is 18.3. The van der Waals surface area contributed by atoms with E-state index in [0.717, 1.165) is 12.2 Å². The number of carbonyl (C=O) groups excluding carboxylic acids is 2. The van der Waals surface area contributed by atoms with Gasteiger partial charge < -0.3 is 9.84 Å². The Morgan fingerprint density at radius 2 is 1.96 bits per heavy atom. The first-order chi connectivity index (χ1) is 11.1. The fourth-order valence-corrected chi connectivity index (χ4v) is 1.67. The van der Waals surface area contributed by atoms with E-state index in [-0.39, 0.29) is 5.71 Å². The van der Waals surface area contributed by atoms with Gasteiger partial charge in [0.1, 0.15) is 11.9 Å². The Morgan fingerprint density at radius 1 is 1.29 bits per heavy atom. The summed E-state index contributed by atoms with van der Waals surface area (Å²) in [5.74, 6) is -1.76. The number of aldehydes is 1. The molecule has 0 aliphatic carbocycles. The highest BCUT2D eigenvalue weighted by atomic mass is 16.6. The first-order valence-electron chi connectivity index (χ1n) is 7.15. The first-order valence-corrected chi connectivity index (χ1v) is 7.15. The van der Waals surface area contributed by atoms with Crippen LogP contribution in [0.25, 0.3) is 0 Å². The molecule has 1 aromatic rings. The van der Waals surface area contributed by atoms with E-state index in [4.69, 9.17) is 9.84 Å². The standard InChI is InChI=1S/C17H20N2O5/c1-17(2,3)24-16(23)12-7-5-8-13(11-12)19(4)18-14(15(21)22)9-6-10-20/h5-11H,1-4H3,(H,21,22)/b9-6-,18-14+. The maximum atomic E-state index is 12.1. The van der Waals surface area contributed by atoms with Crippen molar-refractivity contribution in [2.45, 2.75) is 26.4 Å². The number of carboxylic acid groups (broad SMARTS) is 1. The van der Waals surface area contributed by atoms with E-state index in [1.807, 2.05) is 0 Å². The molecule has 128 valence electrons. The predicted octanol–water partition coefficient (Wildman–Crippen LogP) is 2.27. The summed E-state index contributed by atoms with van der Waals surface area (Å²) in [4.78, 5) is 33.5. The van der Waals surface area contributed by atoms with Gasteiger partial charge in [0.15, 0.2) is 5.71 Å². The third kappa shape index (κ3) is 6.04. The molecule has 0 fully saturated rings. The third-order valence-electron chi connectivity index (χ3n) is 2.66. The SMILES string of the molecule is CN(/N=C(\C=C/C=O)C(=O)O)c1cccc(C(=O)OC(C)(C)C)c1. The van der Waals surface area contributed by atoms with Gasteiger partial charge in [0.25, 0.3) is 0 Å². The van der Waals surface area contributed by atoms with Crippen LogP contribution in [0.5, 0.6) is 0 Å². The Labute approximate surface area is 140 Å². The number of benzene rings is 1. The highest BCUT2D eigenvalue weighted by molar-refractivity contribution is 6.40. The molecule has 0 amide bonds. The van der Waals surface area contributed by atoms with Crippen molar-refractivity contribution >= 4 is 29.6 Å². The van der Waals surface area contributed by atoms with Gasteiger partial charge in [-0.2, -0.15) is 5.10 Å². The molecular weight excluding hydrogens is 312 g/mol. The molecule has 0 radical (unpaired) electrons. The van der Waals surface area contributed by atoms with E-state index in [1.165, 1.54) is 12.1 Å². The number of allylic oxidation sites excluding steroid dienone is 1. The molecule has 0 bridgehead atoms. The fraction of sp³-hybridized carbons (Fsp3) is 0.294. The summed E-state index contributed by atoms with van der Waals surface area (Å²) >= 11 is 0. The smallest absolute Gasteiger partial charge is 0.356 e. The summed E-state index contributed by atoms with van der Waals surface area (Å²) in [5.41, 5.74) is -0.110. The average molecular weight is 332 g/mol. The van der Waals surface area contributed by atoms with Crippen molar-refractivity contribution in [2.75, 3.05) is 12.1 Å². The van der Waals surface area contributed by atoms with E-state index in [9.17, 15) is 14.4 Å². The van der Waals surface area contributed by atoms with Crippen molar-refractivity contribution < 1.29 is 24.2 Å². The van der Waals surface area contributed by atoms with E-state index < -0.39 is 17.5 Å². The van der Waals surface area contributed by atoms with E-state index in [2.05, 4.69) is 5.10 Å². The Bertz CT molecular complexity index is 686. The number of hydrogen-bond donors (Lipinski definition) is 1. The lowest BCUT2D eigenvalue weighted by Gasteiger charge is -2.20. The molecule has 7 heteroatoms. The van der Waals surface area contributed by atoms with Gasteiger partial charge in [0.05, 0.1) is 11.3 Å². The normalized spacial score (nSPS) is 12.1. The van der Waals surface area contributed by atoms with Crippen LogP contribution in [0.2, 0.25) is 0 Å². The molecule has 1 rings (SSSR count). The maximum Gasteiger partial charge on any atom is 0.356 e. The number of rotatable bonds is 6. The zero-order valence-corrected chi connectivity index (χ0v) is 14.0. The lowest BCUT2D eigenvalue weighted by Crippen LogP contribution is -2.24. The van der Waals surface area contributed by atoms with Gasteiger partial charge in [-0.05, 0) is 51.1 Å². The second-order valence-corrected chi connectivity index (χ2v) is 5.86. The molecule has 24 heavy (non-hydrogen) atoms. The Kier molecular flexibility index (Phi) is 6.40. The van der Waals surface area contributed by atoms with E-state index in [1.54, 1.807) is 45.0 Å². The van der Waals surface area contributed by atoms with Gasteiger partial charge in [-0.15, -0.1) is 0 Å². The van der Waals surface area contributed by atoms with Crippen LogP contribution in [-0.2, 0) is 14.3 Å². The van der Waals surface area contributed by atoms with Crippen molar-refractivity contribution in [1.29, 1.82) is 0 Å². The van der Waals surface area contributed by atoms with Crippen molar-refractivity contribution in [3.05, 3.63) is 42.0 Å². The molecule has 7 nitrogen and oxygen atoms in total. The molecule has 0 aliphatic heterocycles. The average Bonchev–Trinajstić information content (AvgIpc) is 2.49. The van der Waals surface area contributed by atoms with Crippen molar-refractivity contribution in [2.24, 2.45) is 5.10 Å². The number of nitrogens with zero attached hydrogens (tertiary/aromatic N) is 2. The molecule has 0 heterocycles. The molecular formula is C17H20N2O5. The van der Waals surface area contributed by atoms with Gasteiger partial charge in [-0.1, -0.05) is 6.07 Å². The van der Waals surface area contributed by atoms with Gasteiger partial charge in [0, 0.05) is 7.05 Å². The molecule has 0 aliphatic rings. The largest absolute Gasteiger partial charge is 0.476 e. The van der Waals surface area contributed by atoms with Crippen LogP contribution in [0, 0.1) is 0 Å². The summed E-state index contributed by atoms with van der Waals surface area (Å²) in [5, 5.41) is 14.3. The van der Waals surface area contributed by atoms with Crippen LogP contribution < -0.4 is 5.01 Å². The molecule has 0 aromatic heterocycles. The maximum absolute atomic E-state index is 12.1. The number of carbonyl (C=O) groups is 3. The number of aliphatic carboxylic acids is 1. The number of hydrazone groups is 1. The van der Waals surface area contributed by atoms with Gasteiger partial charge in [0.2, 0.25) is 0 Å². The van der Waals surface area contributed by atoms with Crippen molar-refractivity contribution in [3.8, 4) is 0 Å². The number of carboxylic acids is 1. The van der Waals surface area contributed by atoms with Gasteiger partial charge >= 0.3 is 11.9 Å². The van der Waals surface area contributed by atoms with Crippen molar-refractivity contribution in [3.63, 3.8) is 0 Å². The molecule has 0 unspecified atom stereocenters. The Balaban J connectivity index is 3.07. The van der Waals surface area contributed by atoms with E-state index in [0.29, 0.717) is 17.5 Å². The van der Waals surface area contributed by atoms with Crippen LogP contribution in [0.1, 0.15) is 31.1 Å². The minimum atomic E-state index is -1.27. The van der Waals surface area contributed by atoms with Crippen molar-refractivity contribution in [1.82, 2.24) is 0 Å². The summed E-state index contributed by atoms with van der Waals surface area (Å²) in [7, 11) is 1.53. The van der Waals surface area contributed by atoms with Crippen LogP contribution in [0.15, 0.2) is 41.5 Å². The zero-order valence-electron chi connectivity index (χ0n) is 14.0. The van der Waals surface area contributed by atoms with Gasteiger partial charge in [-0.3, -0.25) is 9.80 Å². The summed E-state index contributed by atoms with van der Waals surface area (Å²) < 4.78 is 5.29. The number of anilines is 1. The van der Waals surface area contributed by atoms with Crippen LogP contribution >= 0.6 is 0 Å². The summed E-state index contributed by atoms with van der Waals surface area (Å²) in [6, 6.07) is 6.45. The monoisotopic (exact) mass is 332 g/mol. The number of hydrogen-bond acceptors (Lipinski definition) is 6. The first kappa shape index (κ1) is 19.1. The topological polar surface area (TPSA) is 96.3 Å². The highest BCUT2D eigenvalue weighted by Crippen LogP contribution is 2.18. The Hall–Kier alpha value is -2.96. The summed E-state index contributed by atoms with van der Waals surface area (Å²) in [6.07, 6.45) is 2.59. The number of ether oxygens (including phenoxy) is 1. The molecule has 0 saturated carbocycles. The van der Waals surface area contributed by atoms with Gasteiger partial charge in [-0.25, -0.2) is 9.59 Å². The highest BCUT2D eigenvalue weighted by Gasteiger charge is 2.18. The molecule has 0 saturated heterocycles. The lowest BCUT2D eigenvalue weighted by atomic mass is 10.1. The third-order valence-corrected chi connectivity index (χ3v) is 2.66. The molecule has 0 atom stereocenters. The second kappa shape index (κ2) is 8.05. The predicted molar refractivity (Wildman–Crippen MR) is 90.3 cm³/mol. The van der Waals surface area contributed by atoms with E-state index >= 15 is 0 Å². The van der Waals surface area contributed by atoms with Crippen LogP contribution in [0.4, 0.5) is 5.69 Å². The Morgan fingerprint density at radius 3 is 2.50 bits per heavy atom. The number of esters is 1. The minimum Gasteiger partial charge on any atom is -0.476 e. The molecule has 1 aromatic carbocycles. The van der Waals surface area contributed by atoms with Crippen LogP contribution in [-0.4, -0.2) is 41.7 Å². The minimum absolute atomic E-state index is 0.313. The summed E-state index contributed by atoms with van der Waals surface area (Å²) in [6.45, 7) is 5.30.